The Labute approximate surface area is 169 Å². The zero-order chi connectivity index (χ0) is 21.3. The van der Waals surface area contributed by atoms with E-state index in [2.05, 4.69) is 0 Å². The van der Waals surface area contributed by atoms with Gasteiger partial charge in [-0.2, -0.15) is 8.42 Å². The van der Waals surface area contributed by atoms with Gasteiger partial charge in [-0.1, -0.05) is 43.3 Å². The monoisotopic (exact) mass is 421 g/mol. The Morgan fingerprint density at radius 3 is 2.52 bits per heavy atom. The number of aryl methyl sites for hydroxylation is 1. The second-order valence-corrected chi connectivity index (χ2v) is 7.91. The Morgan fingerprint density at radius 1 is 1.14 bits per heavy atom. The minimum absolute atomic E-state index is 0.131. The standard InChI is InChI=1S/C20H23NO7S/c1-2-14-27-20(22)19(13-6-10-16-8-4-3-5-9-16)28-29(25,26)18-12-7-11-17(15-18)21(23)24/h3-5,7-9,11-12,15,19H,2,6,10,13-14H2,1H3/t19-/m1/s1. The molecule has 0 saturated carbocycles. The number of nitro benzene ring substituents is 1. The molecule has 0 amide bonds. The van der Waals surface area contributed by atoms with Crippen LogP contribution in [-0.4, -0.2) is 32.0 Å². The summed E-state index contributed by atoms with van der Waals surface area (Å²) in [7, 11) is -4.39. The summed E-state index contributed by atoms with van der Waals surface area (Å²) in [6.45, 7) is 1.96. The Balaban J connectivity index is 2.13. The third kappa shape index (κ3) is 6.95. The summed E-state index contributed by atoms with van der Waals surface area (Å²) < 4.78 is 35.3. The maximum absolute atomic E-state index is 12.6. The molecule has 0 radical (unpaired) electrons. The van der Waals surface area contributed by atoms with E-state index in [9.17, 15) is 23.3 Å². The molecule has 0 bridgehead atoms. The molecule has 156 valence electrons. The third-order valence-electron chi connectivity index (χ3n) is 4.05. The van der Waals surface area contributed by atoms with Gasteiger partial charge in [0.05, 0.1) is 11.5 Å². The lowest BCUT2D eigenvalue weighted by Crippen LogP contribution is -2.30. The van der Waals surface area contributed by atoms with Gasteiger partial charge in [-0.3, -0.25) is 14.3 Å². The van der Waals surface area contributed by atoms with Gasteiger partial charge in [-0.15, -0.1) is 0 Å². The average Bonchev–Trinajstić information content (AvgIpc) is 2.72. The van der Waals surface area contributed by atoms with Crippen LogP contribution in [0.4, 0.5) is 5.69 Å². The minimum Gasteiger partial charge on any atom is -0.464 e. The van der Waals surface area contributed by atoms with Gasteiger partial charge in [0, 0.05) is 12.1 Å². The number of esters is 1. The van der Waals surface area contributed by atoms with Gasteiger partial charge in [0.2, 0.25) is 0 Å². The number of ether oxygens (including phenoxy) is 1. The number of nitro groups is 1. The number of hydrogen-bond acceptors (Lipinski definition) is 7. The molecule has 1 atom stereocenters. The molecule has 0 spiro atoms. The number of hydrogen-bond donors (Lipinski definition) is 0. The van der Waals surface area contributed by atoms with E-state index in [1.165, 1.54) is 18.2 Å². The molecule has 0 N–H and O–H groups in total. The number of carbonyl (C=O) groups excluding carboxylic acids is 1. The molecule has 0 aliphatic heterocycles. The summed E-state index contributed by atoms with van der Waals surface area (Å²) in [5.41, 5.74) is 0.665. The van der Waals surface area contributed by atoms with Crippen molar-refractivity contribution in [2.45, 2.75) is 43.6 Å². The van der Waals surface area contributed by atoms with Crippen molar-refractivity contribution >= 4 is 21.8 Å². The van der Waals surface area contributed by atoms with E-state index >= 15 is 0 Å². The van der Waals surface area contributed by atoms with E-state index in [1.54, 1.807) is 0 Å². The normalized spacial score (nSPS) is 12.3. The molecular weight excluding hydrogens is 398 g/mol. The molecule has 2 aromatic carbocycles. The molecule has 0 saturated heterocycles. The molecular formula is C20H23NO7S. The summed E-state index contributed by atoms with van der Waals surface area (Å²) in [5, 5.41) is 10.9. The topological polar surface area (TPSA) is 113 Å². The third-order valence-corrected chi connectivity index (χ3v) is 5.36. The van der Waals surface area contributed by atoms with Crippen molar-refractivity contribution in [1.82, 2.24) is 0 Å². The Kier molecular flexibility index (Phi) is 8.29. The van der Waals surface area contributed by atoms with Crippen molar-refractivity contribution < 1.29 is 27.1 Å². The highest BCUT2D eigenvalue weighted by Crippen LogP contribution is 2.22. The average molecular weight is 421 g/mol. The van der Waals surface area contributed by atoms with Gasteiger partial charge in [0.15, 0.2) is 6.10 Å². The van der Waals surface area contributed by atoms with E-state index in [1.807, 2.05) is 37.3 Å². The Bertz CT molecular complexity index is 929. The molecule has 0 heterocycles. The summed E-state index contributed by atoms with van der Waals surface area (Å²) in [5.74, 6) is -0.770. The first-order valence-corrected chi connectivity index (χ1v) is 10.6. The van der Waals surface area contributed by atoms with Crippen LogP contribution < -0.4 is 0 Å². The number of carbonyl (C=O) groups is 1. The smallest absolute Gasteiger partial charge is 0.336 e. The van der Waals surface area contributed by atoms with Gasteiger partial charge < -0.3 is 4.74 Å². The van der Waals surface area contributed by atoms with Crippen LogP contribution >= 0.6 is 0 Å². The first-order chi connectivity index (χ1) is 13.8. The van der Waals surface area contributed by atoms with Crippen LogP contribution in [0.5, 0.6) is 0 Å². The molecule has 29 heavy (non-hydrogen) atoms. The summed E-state index contributed by atoms with van der Waals surface area (Å²) in [4.78, 5) is 22.1. The fraction of sp³-hybridized carbons (Fsp3) is 0.350. The minimum atomic E-state index is -4.39. The molecule has 2 aromatic rings. The highest BCUT2D eigenvalue weighted by atomic mass is 32.2. The van der Waals surface area contributed by atoms with Crippen LogP contribution in [0.1, 0.15) is 31.7 Å². The maximum Gasteiger partial charge on any atom is 0.336 e. The molecule has 2 rings (SSSR count). The van der Waals surface area contributed by atoms with Crippen molar-refractivity contribution in [3.05, 3.63) is 70.3 Å². The fourth-order valence-electron chi connectivity index (χ4n) is 2.60. The molecule has 0 unspecified atom stereocenters. The van der Waals surface area contributed by atoms with Crippen molar-refractivity contribution in [2.75, 3.05) is 6.61 Å². The fourth-order valence-corrected chi connectivity index (χ4v) is 3.70. The highest BCUT2D eigenvalue weighted by molar-refractivity contribution is 7.86. The molecule has 0 aliphatic carbocycles. The van der Waals surface area contributed by atoms with Gasteiger partial charge >= 0.3 is 5.97 Å². The van der Waals surface area contributed by atoms with Gasteiger partial charge in [-0.05, 0) is 37.3 Å². The number of nitrogens with zero attached hydrogens (tertiary/aromatic N) is 1. The lowest BCUT2D eigenvalue weighted by atomic mass is 10.1. The van der Waals surface area contributed by atoms with Crippen molar-refractivity contribution in [3.8, 4) is 0 Å². The predicted octanol–water partition coefficient (Wildman–Crippen LogP) is 3.64. The van der Waals surface area contributed by atoms with Crippen LogP contribution in [-0.2, 0) is 30.3 Å². The van der Waals surface area contributed by atoms with Gasteiger partial charge in [-0.25, -0.2) is 4.79 Å². The van der Waals surface area contributed by atoms with Crippen LogP contribution in [0, 0.1) is 10.1 Å². The summed E-state index contributed by atoms with van der Waals surface area (Å²) >= 11 is 0. The van der Waals surface area contributed by atoms with Crippen LogP contribution in [0.3, 0.4) is 0 Å². The van der Waals surface area contributed by atoms with Gasteiger partial charge in [0.1, 0.15) is 4.90 Å². The lowest BCUT2D eigenvalue weighted by molar-refractivity contribution is -0.385. The molecule has 0 aliphatic rings. The Morgan fingerprint density at radius 2 is 1.86 bits per heavy atom. The molecule has 9 heteroatoms. The van der Waals surface area contributed by atoms with Crippen molar-refractivity contribution in [2.24, 2.45) is 0 Å². The van der Waals surface area contributed by atoms with E-state index in [0.717, 1.165) is 11.6 Å². The number of rotatable bonds is 11. The molecule has 0 fully saturated rings. The summed E-state index contributed by atoms with van der Waals surface area (Å²) in [6, 6.07) is 14.0. The van der Waals surface area contributed by atoms with E-state index in [-0.39, 0.29) is 23.6 Å². The zero-order valence-electron chi connectivity index (χ0n) is 16.0. The van der Waals surface area contributed by atoms with Crippen LogP contribution in [0.25, 0.3) is 0 Å². The quantitative estimate of drug-likeness (QED) is 0.235. The van der Waals surface area contributed by atoms with Crippen molar-refractivity contribution in [3.63, 3.8) is 0 Å². The van der Waals surface area contributed by atoms with Crippen LogP contribution in [0.2, 0.25) is 0 Å². The van der Waals surface area contributed by atoms with Gasteiger partial charge in [0.25, 0.3) is 15.8 Å². The number of non-ortho nitro benzene ring substituents is 1. The second kappa shape index (κ2) is 10.7. The number of benzene rings is 2. The van der Waals surface area contributed by atoms with E-state index < -0.39 is 27.1 Å². The van der Waals surface area contributed by atoms with Crippen LogP contribution in [0.15, 0.2) is 59.5 Å². The Hall–Kier alpha value is -2.78. The molecule has 8 nitrogen and oxygen atoms in total. The SMILES string of the molecule is CCCOC(=O)[C@@H](CCCc1ccccc1)OS(=O)(=O)c1cccc([N+](=O)[O-])c1. The lowest BCUT2D eigenvalue weighted by Gasteiger charge is -2.16. The predicted molar refractivity (Wildman–Crippen MR) is 106 cm³/mol. The van der Waals surface area contributed by atoms with E-state index in [0.29, 0.717) is 19.3 Å². The highest BCUT2D eigenvalue weighted by Gasteiger charge is 2.29. The maximum atomic E-state index is 12.6. The van der Waals surface area contributed by atoms with Crippen molar-refractivity contribution in [1.29, 1.82) is 0 Å². The summed E-state index contributed by atoms with van der Waals surface area (Å²) in [6.07, 6.45) is 0.527. The van der Waals surface area contributed by atoms with E-state index in [4.69, 9.17) is 8.92 Å². The largest absolute Gasteiger partial charge is 0.464 e. The molecule has 0 aromatic heterocycles. The first-order valence-electron chi connectivity index (χ1n) is 9.22. The first kappa shape index (κ1) is 22.5. The zero-order valence-corrected chi connectivity index (χ0v) is 16.8. The second-order valence-electron chi connectivity index (χ2n) is 6.34.